The van der Waals surface area contributed by atoms with E-state index in [1.807, 2.05) is 25.2 Å². The Balaban J connectivity index is 1.83. The van der Waals surface area contributed by atoms with Crippen molar-refractivity contribution in [1.29, 1.82) is 0 Å². The Labute approximate surface area is 125 Å². The number of aryl methyl sites for hydroxylation is 1. The van der Waals surface area contributed by atoms with E-state index in [1.54, 1.807) is 41.2 Å². The van der Waals surface area contributed by atoms with Gasteiger partial charge < -0.3 is 9.08 Å². The minimum absolute atomic E-state index is 0.0569. The highest BCUT2D eigenvalue weighted by Gasteiger charge is 2.14. The third kappa shape index (κ3) is 5.20. The fourth-order valence-corrected chi connectivity index (χ4v) is 2.90. The molecule has 21 heavy (non-hydrogen) atoms. The normalized spacial score (nSPS) is 11.8. The molecule has 1 heterocycles. The van der Waals surface area contributed by atoms with Crippen LogP contribution in [0.3, 0.4) is 0 Å². The van der Waals surface area contributed by atoms with Crippen molar-refractivity contribution in [2.75, 3.05) is 19.3 Å². The van der Waals surface area contributed by atoms with Crippen molar-refractivity contribution in [2.45, 2.75) is 6.54 Å². The van der Waals surface area contributed by atoms with Crippen LogP contribution in [0.15, 0.2) is 42.7 Å². The van der Waals surface area contributed by atoms with Crippen LogP contribution in [0.4, 0.5) is 0 Å². The van der Waals surface area contributed by atoms with Crippen LogP contribution in [0.2, 0.25) is 0 Å². The number of para-hydroxylation sites is 1. The summed E-state index contributed by atoms with van der Waals surface area (Å²) in [4.78, 5) is 1.92. The summed E-state index contributed by atoms with van der Waals surface area (Å²) in [5, 5.41) is 4.08. The van der Waals surface area contributed by atoms with Gasteiger partial charge in [-0.2, -0.15) is 13.5 Å². The maximum Gasteiger partial charge on any atom is 0.310 e. The molecule has 1 aromatic heterocycles. The number of aromatic nitrogens is 2. The minimum atomic E-state index is -3.58. The van der Waals surface area contributed by atoms with Crippen molar-refractivity contribution in [2.24, 2.45) is 7.05 Å². The lowest BCUT2D eigenvalue weighted by Crippen LogP contribution is -2.27. The van der Waals surface area contributed by atoms with E-state index in [4.69, 9.17) is 4.18 Å². The Kier molecular flexibility index (Phi) is 4.98. The third-order valence-electron chi connectivity index (χ3n) is 2.90. The van der Waals surface area contributed by atoms with Crippen LogP contribution in [0.1, 0.15) is 5.56 Å². The molecule has 0 aliphatic heterocycles. The molecule has 0 aliphatic carbocycles. The molecule has 2 rings (SSSR count). The number of benzene rings is 1. The number of rotatable bonds is 7. The highest BCUT2D eigenvalue weighted by atomic mass is 32.2. The van der Waals surface area contributed by atoms with Gasteiger partial charge >= 0.3 is 10.1 Å². The molecule has 2 aromatic rings. The van der Waals surface area contributed by atoms with E-state index in [1.165, 1.54) is 0 Å². The number of nitrogens with zero attached hydrogens (tertiary/aromatic N) is 3. The summed E-state index contributed by atoms with van der Waals surface area (Å²) in [7, 11) is 0.136. The van der Waals surface area contributed by atoms with Crippen molar-refractivity contribution < 1.29 is 12.6 Å². The molecule has 1 aromatic carbocycles. The summed E-state index contributed by atoms with van der Waals surface area (Å²) < 4.78 is 30.5. The SMILES string of the molecule is CN(CCS(=O)(=O)Oc1ccccc1)Cc1cnn(C)c1. The second-order valence-corrected chi connectivity index (χ2v) is 6.61. The highest BCUT2D eigenvalue weighted by molar-refractivity contribution is 7.87. The monoisotopic (exact) mass is 309 g/mol. The Hall–Kier alpha value is -1.86. The Bertz CT molecular complexity index is 668. The second kappa shape index (κ2) is 6.73. The Morgan fingerprint density at radius 2 is 2.00 bits per heavy atom. The Morgan fingerprint density at radius 3 is 2.62 bits per heavy atom. The second-order valence-electron chi connectivity index (χ2n) is 4.92. The van der Waals surface area contributed by atoms with E-state index in [0.717, 1.165) is 5.56 Å². The molecule has 6 nitrogen and oxygen atoms in total. The summed E-state index contributed by atoms with van der Waals surface area (Å²) in [6.45, 7) is 1.04. The minimum Gasteiger partial charge on any atom is -0.382 e. The van der Waals surface area contributed by atoms with E-state index in [0.29, 0.717) is 18.8 Å². The molecule has 0 saturated heterocycles. The van der Waals surface area contributed by atoms with Gasteiger partial charge in [-0.3, -0.25) is 4.68 Å². The summed E-state index contributed by atoms with van der Waals surface area (Å²) in [6.07, 6.45) is 3.68. The number of hydrogen-bond acceptors (Lipinski definition) is 5. The van der Waals surface area contributed by atoms with Crippen LogP contribution < -0.4 is 4.18 Å². The van der Waals surface area contributed by atoms with Crippen LogP contribution >= 0.6 is 0 Å². The first kappa shape index (κ1) is 15.5. The van der Waals surface area contributed by atoms with E-state index >= 15 is 0 Å². The fourth-order valence-electron chi connectivity index (χ4n) is 1.88. The molecular formula is C14H19N3O3S. The average molecular weight is 309 g/mol. The van der Waals surface area contributed by atoms with Crippen LogP contribution in [0.5, 0.6) is 5.75 Å². The zero-order valence-electron chi connectivity index (χ0n) is 12.1. The molecular weight excluding hydrogens is 290 g/mol. The summed E-state index contributed by atoms with van der Waals surface area (Å²) >= 11 is 0. The van der Waals surface area contributed by atoms with E-state index in [2.05, 4.69) is 5.10 Å². The molecule has 0 N–H and O–H groups in total. The molecule has 0 atom stereocenters. The van der Waals surface area contributed by atoms with Crippen LogP contribution in [0.25, 0.3) is 0 Å². The van der Waals surface area contributed by atoms with E-state index in [9.17, 15) is 8.42 Å². The van der Waals surface area contributed by atoms with Gasteiger partial charge in [-0.15, -0.1) is 0 Å². The zero-order valence-corrected chi connectivity index (χ0v) is 13.0. The third-order valence-corrected chi connectivity index (χ3v) is 4.03. The van der Waals surface area contributed by atoms with E-state index < -0.39 is 10.1 Å². The van der Waals surface area contributed by atoms with Crippen molar-refractivity contribution >= 4 is 10.1 Å². The topological polar surface area (TPSA) is 64.4 Å². The predicted octanol–water partition coefficient (Wildman–Crippen LogP) is 1.26. The molecule has 0 saturated carbocycles. The zero-order chi connectivity index (χ0) is 15.3. The van der Waals surface area contributed by atoms with Crippen molar-refractivity contribution in [3.05, 3.63) is 48.3 Å². The standard InChI is InChI=1S/C14H19N3O3S/c1-16(11-13-10-15-17(2)12-13)8-9-21(18,19)20-14-6-4-3-5-7-14/h3-7,10,12H,8-9,11H2,1-2H3. The molecule has 0 spiro atoms. The molecule has 0 fully saturated rings. The largest absolute Gasteiger partial charge is 0.382 e. The van der Waals surface area contributed by atoms with Gasteiger partial charge in [0, 0.05) is 31.9 Å². The smallest absolute Gasteiger partial charge is 0.310 e. The van der Waals surface area contributed by atoms with Crippen LogP contribution in [-0.4, -0.2) is 42.4 Å². The fraction of sp³-hybridized carbons (Fsp3) is 0.357. The molecule has 0 unspecified atom stereocenters. The van der Waals surface area contributed by atoms with Crippen molar-refractivity contribution in [1.82, 2.24) is 14.7 Å². The van der Waals surface area contributed by atoms with Gasteiger partial charge in [0.05, 0.1) is 11.9 Å². The summed E-state index contributed by atoms with van der Waals surface area (Å²) in [5.41, 5.74) is 1.04. The van der Waals surface area contributed by atoms with Gasteiger partial charge in [0.15, 0.2) is 0 Å². The highest BCUT2D eigenvalue weighted by Crippen LogP contribution is 2.12. The average Bonchev–Trinajstić information content (AvgIpc) is 2.83. The molecule has 0 radical (unpaired) electrons. The van der Waals surface area contributed by atoms with Gasteiger partial charge in [0.1, 0.15) is 5.75 Å². The Morgan fingerprint density at radius 1 is 1.29 bits per heavy atom. The first-order valence-corrected chi connectivity index (χ1v) is 8.16. The molecule has 114 valence electrons. The van der Waals surface area contributed by atoms with E-state index in [-0.39, 0.29) is 5.75 Å². The molecule has 7 heteroatoms. The van der Waals surface area contributed by atoms with Gasteiger partial charge in [0.25, 0.3) is 0 Å². The maximum atomic E-state index is 11.9. The molecule has 0 bridgehead atoms. The lowest BCUT2D eigenvalue weighted by molar-refractivity contribution is 0.342. The molecule has 0 amide bonds. The summed E-state index contributed by atoms with van der Waals surface area (Å²) in [6, 6.07) is 8.52. The van der Waals surface area contributed by atoms with Crippen molar-refractivity contribution in [3.8, 4) is 5.75 Å². The lowest BCUT2D eigenvalue weighted by Gasteiger charge is -2.15. The lowest BCUT2D eigenvalue weighted by atomic mass is 10.3. The van der Waals surface area contributed by atoms with Crippen LogP contribution in [0, 0.1) is 0 Å². The molecule has 0 aliphatic rings. The van der Waals surface area contributed by atoms with Gasteiger partial charge in [-0.25, -0.2) is 0 Å². The van der Waals surface area contributed by atoms with Crippen molar-refractivity contribution in [3.63, 3.8) is 0 Å². The quantitative estimate of drug-likeness (QED) is 0.721. The summed E-state index contributed by atoms with van der Waals surface area (Å²) in [5.74, 6) is 0.283. The first-order valence-electron chi connectivity index (χ1n) is 6.58. The number of hydrogen-bond donors (Lipinski definition) is 0. The van der Waals surface area contributed by atoms with Gasteiger partial charge in [-0.1, -0.05) is 18.2 Å². The predicted molar refractivity (Wildman–Crippen MR) is 80.4 cm³/mol. The van der Waals surface area contributed by atoms with Gasteiger partial charge in [0.2, 0.25) is 0 Å². The first-order chi connectivity index (χ1) is 9.94. The van der Waals surface area contributed by atoms with Crippen LogP contribution in [-0.2, 0) is 23.7 Å². The maximum absolute atomic E-state index is 11.9. The van der Waals surface area contributed by atoms with Gasteiger partial charge in [-0.05, 0) is 19.2 Å².